The Hall–Kier alpha value is -1.55. The molecule has 0 unspecified atom stereocenters. The number of nitrogens with one attached hydrogen (secondary N) is 1. The normalized spacial score (nSPS) is 16.8. The zero-order valence-corrected chi connectivity index (χ0v) is 10.1. The van der Waals surface area contributed by atoms with Gasteiger partial charge in [-0.05, 0) is 31.0 Å². The quantitative estimate of drug-likeness (QED) is 0.615. The monoisotopic (exact) mass is 230 g/mol. The lowest BCUT2D eigenvalue weighted by Crippen LogP contribution is -2.06. The summed E-state index contributed by atoms with van der Waals surface area (Å²) >= 11 is 0. The van der Waals surface area contributed by atoms with Crippen molar-refractivity contribution in [1.82, 2.24) is 9.55 Å². The van der Waals surface area contributed by atoms with Crippen LogP contribution >= 0.6 is 0 Å². The molecular formula is C13H18N4. The second kappa shape index (κ2) is 4.04. The third-order valence-electron chi connectivity index (χ3n) is 3.80. The van der Waals surface area contributed by atoms with Crippen molar-refractivity contribution >= 4 is 16.7 Å². The summed E-state index contributed by atoms with van der Waals surface area (Å²) < 4.78 is 2.23. The second-order valence-electron chi connectivity index (χ2n) is 4.86. The fraction of sp³-hybridized carbons (Fsp3) is 0.462. The summed E-state index contributed by atoms with van der Waals surface area (Å²) in [4.78, 5) is 4.77. The largest absolute Gasteiger partial charge is 0.331 e. The molecule has 17 heavy (non-hydrogen) atoms. The van der Waals surface area contributed by atoms with Crippen LogP contribution in [0.15, 0.2) is 18.2 Å². The van der Waals surface area contributed by atoms with Crippen molar-refractivity contribution in [3.63, 3.8) is 0 Å². The summed E-state index contributed by atoms with van der Waals surface area (Å²) in [6.45, 7) is 0. The van der Waals surface area contributed by atoms with Crippen molar-refractivity contribution in [1.29, 1.82) is 0 Å². The van der Waals surface area contributed by atoms with Crippen LogP contribution in [0.4, 0.5) is 5.69 Å². The Bertz CT molecular complexity index is 538. The van der Waals surface area contributed by atoms with Crippen molar-refractivity contribution in [3.05, 3.63) is 24.0 Å². The van der Waals surface area contributed by atoms with E-state index in [0.29, 0.717) is 5.92 Å². The lowest BCUT2D eigenvalue weighted by molar-refractivity contribution is 0.639. The molecule has 4 heteroatoms. The van der Waals surface area contributed by atoms with Crippen LogP contribution in [0.25, 0.3) is 11.0 Å². The van der Waals surface area contributed by atoms with Gasteiger partial charge in [0.25, 0.3) is 0 Å². The minimum absolute atomic E-state index is 0.640. The summed E-state index contributed by atoms with van der Waals surface area (Å²) in [6, 6.07) is 6.08. The predicted octanol–water partition coefficient (Wildman–Crippen LogP) is 2.52. The number of aryl methyl sites for hydroxylation is 1. The van der Waals surface area contributed by atoms with E-state index in [4.69, 9.17) is 10.8 Å². The van der Waals surface area contributed by atoms with Crippen molar-refractivity contribution in [2.24, 2.45) is 12.9 Å². The van der Waals surface area contributed by atoms with E-state index in [9.17, 15) is 0 Å². The van der Waals surface area contributed by atoms with Crippen LogP contribution in [-0.4, -0.2) is 9.55 Å². The Labute approximate surface area is 101 Å². The molecule has 1 fully saturated rings. The summed E-state index contributed by atoms with van der Waals surface area (Å²) in [7, 11) is 2.11. The lowest BCUT2D eigenvalue weighted by atomic mass is 10.1. The average Bonchev–Trinajstić information content (AvgIpc) is 2.97. The van der Waals surface area contributed by atoms with Gasteiger partial charge < -0.3 is 9.99 Å². The number of rotatable bonds is 2. The van der Waals surface area contributed by atoms with E-state index < -0.39 is 0 Å². The Kier molecular flexibility index (Phi) is 2.52. The van der Waals surface area contributed by atoms with E-state index in [1.807, 2.05) is 12.1 Å². The van der Waals surface area contributed by atoms with E-state index in [1.165, 1.54) is 37.0 Å². The van der Waals surface area contributed by atoms with E-state index in [0.717, 1.165) is 11.2 Å². The maximum atomic E-state index is 5.42. The number of nitrogens with two attached hydrogens (primary N) is 1. The molecule has 0 bridgehead atoms. The van der Waals surface area contributed by atoms with Crippen molar-refractivity contribution in [2.45, 2.75) is 31.6 Å². The highest BCUT2D eigenvalue weighted by Gasteiger charge is 2.22. The lowest BCUT2D eigenvalue weighted by Gasteiger charge is -2.08. The molecule has 1 heterocycles. The molecule has 0 radical (unpaired) electrons. The fourth-order valence-electron chi connectivity index (χ4n) is 2.86. The predicted molar refractivity (Wildman–Crippen MR) is 69.7 cm³/mol. The average molecular weight is 230 g/mol. The van der Waals surface area contributed by atoms with Crippen LogP contribution in [0.3, 0.4) is 0 Å². The van der Waals surface area contributed by atoms with Gasteiger partial charge in [-0.1, -0.05) is 12.8 Å². The summed E-state index contributed by atoms with van der Waals surface area (Å²) in [5, 5.41) is 0. The van der Waals surface area contributed by atoms with Gasteiger partial charge >= 0.3 is 0 Å². The number of hydrazine groups is 1. The summed E-state index contributed by atoms with van der Waals surface area (Å²) in [6.07, 6.45) is 5.23. The van der Waals surface area contributed by atoms with Crippen LogP contribution in [-0.2, 0) is 7.05 Å². The first-order chi connectivity index (χ1) is 8.29. The molecule has 3 rings (SSSR count). The highest BCUT2D eigenvalue weighted by molar-refractivity contribution is 5.80. The van der Waals surface area contributed by atoms with E-state index >= 15 is 0 Å². The van der Waals surface area contributed by atoms with Gasteiger partial charge in [0, 0.05) is 13.0 Å². The highest BCUT2D eigenvalue weighted by Crippen LogP contribution is 2.34. The molecule has 1 saturated carbocycles. The van der Waals surface area contributed by atoms with Gasteiger partial charge in [-0.3, -0.25) is 5.84 Å². The van der Waals surface area contributed by atoms with Gasteiger partial charge in [0.15, 0.2) is 0 Å². The van der Waals surface area contributed by atoms with Crippen molar-refractivity contribution < 1.29 is 0 Å². The third kappa shape index (κ3) is 1.69. The van der Waals surface area contributed by atoms with Crippen LogP contribution in [0.2, 0.25) is 0 Å². The maximum absolute atomic E-state index is 5.42. The topological polar surface area (TPSA) is 55.9 Å². The molecule has 4 nitrogen and oxygen atoms in total. The molecule has 1 aromatic carbocycles. The molecule has 0 atom stereocenters. The Morgan fingerprint density at radius 3 is 2.82 bits per heavy atom. The second-order valence-corrected chi connectivity index (χ2v) is 4.86. The zero-order valence-electron chi connectivity index (χ0n) is 10.1. The van der Waals surface area contributed by atoms with Gasteiger partial charge in [-0.2, -0.15) is 0 Å². The first-order valence-electron chi connectivity index (χ1n) is 6.22. The van der Waals surface area contributed by atoms with Crippen LogP contribution in [0.5, 0.6) is 0 Å². The first kappa shape index (κ1) is 10.6. The molecule has 2 aromatic rings. The van der Waals surface area contributed by atoms with E-state index in [1.54, 1.807) is 0 Å². The molecular weight excluding hydrogens is 212 g/mol. The van der Waals surface area contributed by atoms with Crippen LogP contribution in [0, 0.1) is 0 Å². The van der Waals surface area contributed by atoms with Crippen LogP contribution < -0.4 is 11.3 Å². The number of aromatic nitrogens is 2. The molecule has 90 valence electrons. The zero-order chi connectivity index (χ0) is 11.8. The van der Waals surface area contributed by atoms with Crippen molar-refractivity contribution in [2.75, 3.05) is 5.43 Å². The fourth-order valence-corrected chi connectivity index (χ4v) is 2.86. The number of fused-ring (bicyclic) bond motifs is 1. The first-order valence-corrected chi connectivity index (χ1v) is 6.22. The van der Waals surface area contributed by atoms with E-state index in [2.05, 4.69) is 23.1 Å². The standard InChI is InChI=1S/C13H18N4/c1-17-12-7-6-10(16-14)8-11(12)15-13(17)9-4-2-3-5-9/h6-9,16H,2-5,14H2,1H3. The highest BCUT2D eigenvalue weighted by atomic mass is 15.2. The third-order valence-corrected chi connectivity index (χ3v) is 3.80. The SMILES string of the molecule is Cn1c(C2CCCC2)nc2cc(NN)ccc21. The minimum atomic E-state index is 0.640. The van der Waals surface area contributed by atoms with Gasteiger partial charge in [0.1, 0.15) is 5.82 Å². The minimum Gasteiger partial charge on any atom is -0.331 e. The molecule has 0 saturated heterocycles. The number of hydrogen-bond acceptors (Lipinski definition) is 3. The van der Waals surface area contributed by atoms with E-state index in [-0.39, 0.29) is 0 Å². The van der Waals surface area contributed by atoms with Gasteiger partial charge in [0.05, 0.1) is 16.7 Å². The molecule has 0 amide bonds. The molecule has 1 aliphatic rings. The molecule has 0 aliphatic heterocycles. The Morgan fingerprint density at radius 1 is 1.35 bits per heavy atom. The molecule has 0 spiro atoms. The number of nitrogens with zero attached hydrogens (tertiary/aromatic N) is 2. The molecule has 1 aromatic heterocycles. The number of benzene rings is 1. The Morgan fingerprint density at radius 2 is 2.12 bits per heavy atom. The number of hydrogen-bond donors (Lipinski definition) is 2. The van der Waals surface area contributed by atoms with Gasteiger partial charge in [0.2, 0.25) is 0 Å². The number of nitrogen functional groups attached to an aromatic ring is 1. The summed E-state index contributed by atoms with van der Waals surface area (Å²) in [5.74, 6) is 7.29. The molecule has 3 N–H and O–H groups in total. The maximum Gasteiger partial charge on any atom is 0.112 e. The smallest absolute Gasteiger partial charge is 0.112 e. The van der Waals surface area contributed by atoms with Gasteiger partial charge in [-0.15, -0.1) is 0 Å². The van der Waals surface area contributed by atoms with Crippen LogP contribution in [0.1, 0.15) is 37.4 Å². The number of anilines is 1. The van der Waals surface area contributed by atoms with Gasteiger partial charge in [-0.25, -0.2) is 4.98 Å². The van der Waals surface area contributed by atoms with Crippen molar-refractivity contribution in [3.8, 4) is 0 Å². The summed E-state index contributed by atoms with van der Waals surface area (Å²) in [5.41, 5.74) is 5.80. The molecule has 1 aliphatic carbocycles. The number of imidazole rings is 1. The Balaban J connectivity index is 2.10.